The van der Waals surface area contributed by atoms with Crippen LogP contribution in [0, 0.1) is 0 Å². The van der Waals surface area contributed by atoms with Gasteiger partial charge in [-0.05, 0) is 18.2 Å². The maximum Gasteiger partial charge on any atom is 0.316 e. The summed E-state index contributed by atoms with van der Waals surface area (Å²) in [7, 11) is 3.41. The fourth-order valence-electron chi connectivity index (χ4n) is 1.21. The molecule has 0 aliphatic heterocycles. The van der Waals surface area contributed by atoms with Crippen molar-refractivity contribution >= 4 is 33.3 Å². The number of amides is 2. The molecule has 1 aromatic carbocycles. The van der Waals surface area contributed by atoms with E-state index in [2.05, 4.69) is 26.6 Å². The highest BCUT2D eigenvalue weighted by atomic mass is 79.9. The van der Waals surface area contributed by atoms with E-state index in [0.717, 1.165) is 10.2 Å². The third-order valence-electron chi connectivity index (χ3n) is 2.14. The minimum atomic E-state index is -0.103. The van der Waals surface area contributed by atoms with E-state index in [1.54, 1.807) is 14.1 Å². The molecule has 0 aliphatic rings. The topological polar surface area (TPSA) is 70.4 Å². The van der Waals surface area contributed by atoms with Crippen LogP contribution in [0.4, 0.5) is 16.2 Å². The lowest BCUT2D eigenvalue weighted by molar-refractivity contribution is 0.218. The molecule has 6 heteroatoms. The van der Waals surface area contributed by atoms with Gasteiger partial charge in [-0.1, -0.05) is 15.9 Å². The van der Waals surface area contributed by atoms with Crippen LogP contribution in [0.1, 0.15) is 0 Å². The number of nitrogens with zero attached hydrogens (tertiary/aromatic N) is 1. The number of nitrogen functional groups attached to an aromatic ring is 1. The predicted molar refractivity (Wildman–Crippen MR) is 74.1 cm³/mol. The Morgan fingerprint density at radius 2 is 2.12 bits per heavy atom. The smallest absolute Gasteiger partial charge is 0.316 e. The highest BCUT2D eigenvalue weighted by Crippen LogP contribution is 2.22. The molecule has 0 spiro atoms. The molecule has 0 saturated carbocycles. The Morgan fingerprint density at radius 1 is 1.41 bits per heavy atom. The van der Waals surface area contributed by atoms with Crippen LogP contribution >= 0.6 is 15.9 Å². The van der Waals surface area contributed by atoms with E-state index in [-0.39, 0.29) is 6.03 Å². The van der Waals surface area contributed by atoms with Crippen LogP contribution in [0.2, 0.25) is 0 Å². The van der Waals surface area contributed by atoms with E-state index in [4.69, 9.17) is 5.73 Å². The summed E-state index contributed by atoms with van der Waals surface area (Å²) < 4.78 is 0.964. The second-order valence-corrected chi connectivity index (χ2v) is 4.70. The molecular formula is C11H17BrN4O. The molecule has 0 fully saturated rings. The number of halogens is 1. The van der Waals surface area contributed by atoms with Crippen LogP contribution in [-0.2, 0) is 0 Å². The number of nitrogens with two attached hydrogens (primary N) is 1. The molecule has 1 rings (SSSR count). The zero-order chi connectivity index (χ0) is 12.8. The summed E-state index contributed by atoms with van der Waals surface area (Å²) in [6.45, 7) is 1.17. The minimum absolute atomic E-state index is 0.103. The van der Waals surface area contributed by atoms with Crippen molar-refractivity contribution in [2.45, 2.75) is 0 Å². The van der Waals surface area contributed by atoms with Gasteiger partial charge in [-0.3, -0.25) is 0 Å². The summed E-state index contributed by atoms with van der Waals surface area (Å²) >= 11 is 3.38. The molecular weight excluding hydrogens is 284 g/mol. The number of rotatable bonds is 4. The van der Waals surface area contributed by atoms with Gasteiger partial charge in [0.15, 0.2) is 0 Å². The van der Waals surface area contributed by atoms with Crippen molar-refractivity contribution in [1.82, 2.24) is 10.2 Å². The molecule has 0 saturated heterocycles. The molecule has 0 heterocycles. The Labute approximate surface area is 109 Å². The van der Waals surface area contributed by atoms with E-state index >= 15 is 0 Å². The number of hydrogen-bond acceptors (Lipinski definition) is 3. The van der Waals surface area contributed by atoms with Gasteiger partial charge in [0.05, 0.1) is 11.4 Å². The number of carbonyl (C=O) groups excluding carboxylic acids is 1. The standard InChI is InChI=1S/C11H17BrN4O/c1-16(2)11(17)15-6-5-14-10-7-8(12)3-4-9(10)13/h3-4,7,14H,5-6,13H2,1-2H3,(H,15,17). The van der Waals surface area contributed by atoms with Gasteiger partial charge in [-0.15, -0.1) is 0 Å². The fraction of sp³-hybridized carbons (Fsp3) is 0.364. The second kappa shape index (κ2) is 6.34. The number of benzene rings is 1. The van der Waals surface area contributed by atoms with Crippen LogP contribution in [0.3, 0.4) is 0 Å². The normalized spacial score (nSPS) is 9.82. The Balaban J connectivity index is 2.36. The Hall–Kier alpha value is -1.43. The number of carbonyl (C=O) groups is 1. The highest BCUT2D eigenvalue weighted by Gasteiger charge is 2.02. The van der Waals surface area contributed by atoms with Gasteiger partial charge in [0.1, 0.15) is 0 Å². The summed E-state index contributed by atoms with van der Waals surface area (Å²) in [6.07, 6.45) is 0. The van der Waals surface area contributed by atoms with Crippen molar-refractivity contribution in [3.63, 3.8) is 0 Å². The van der Waals surface area contributed by atoms with Crippen LogP contribution < -0.4 is 16.4 Å². The first-order valence-electron chi connectivity index (χ1n) is 5.24. The largest absolute Gasteiger partial charge is 0.397 e. The number of nitrogens with one attached hydrogen (secondary N) is 2. The highest BCUT2D eigenvalue weighted by molar-refractivity contribution is 9.10. The van der Waals surface area contributed by atoms with E-state index < -0.39 is 0 Å². The lowest BCUT2D eigenvalue weighted by atomic mass is 10.3. The molecule has 5 nitrogen and oxygen atoms in total. The third-order valence-corrected chi connectivity index (χ3v) is 2.63. The summed E-state index contributed by atoms with van der Waals surface area (Å²) in [5.74, 6) is 0. The van der Waals surface area contributed by atoms with Crippen LogP contribution in [0.15, 0.2) is 22.7 Å². The molecule has 17 heavy (non-hydrogen) atoms. The van der Waals surface area contributed by atoms with Gasteiger partial charge in [-0.2, -0.15) is 0 Å². The van der Waals surface area contributed by atoms with Gasteiger partial charge < -0.3 is 21.3 Å². The first-order valence-corrected chi connectivity index (χ1v) is 6.04. The zero-order valence-corrected chi connectivity index (χ0v) is 11.5. The van der Waals surface area contributed by atoms with Crippen molar-refractivity contribution in [3.8, 4) is 0 Å². The second-order valence-electron chi connectivity index (χ2n) is 3.78. The molecule has 0 bridgehead atoms. The molecule has 2 amide bonds. The van der Waals surface area contributed by atoms with Crippen molar-refractivity contribution in [1.29, 1.82) is 0 Å². The third kappa shape index (κ3) is 4.52. The van der Waals surface area contributed by atoms with Crippen molar-refractivity contribution in [2.75, 3.05) is 38.2 Å². The van der Waals surface area contributed by atoms with Crippen molar-refractivity contribution in [2.24, 2.45) is 0 Å². The minimum Gasteiger partial charge on any atom is -0.397 e. The lowest BCUT2D eigenvalue weighted by Gasteiger charge is -2.13. The maximum atomic E-state index is 11.2. The molecule has 0 aliphatic carbocycles. The average molecular weight is 301 g/mol. The van der Waals surface area contributed by atoms with Crippen molar-refractivity contribution in [3.05, 3.63) is 22.7 Å². The van der Waals surface area contributed by atoms with Crippen LogP contribution in [0.5, 0.6) is 0 Å². The maximum absolute atomic E-state index is 11.2. The van der Waals surface area contributed by atoms with E-state index in [1.807, 2.05) is 18.2 Å². The SMILES string of the molecule is CN(C)C(=O)NCCNc1cc(Br)ccc1N. The van der Waals surface area contributed by atoms with Crippen LogP contribution in [0.25, 0.3) is 0 Å². The summed E-state index contributed by atoms with van der Waals surface area (Å²) in [5.41, 5.74) is 7.35. The molecule has 1 aromatic rings. The van der Waals surface area contributed by atoms with Gasteiger partial charge in [-0.25, -0.2) is 4.79 Å². The van der Waals surface area contributed by atoms with Crippen molar-refractivity contribution < 1.29 is 4.79 Å². The molecule has 0 aromatic heterocycles. The first kappa shape index (κ1) is 13.6. The van der Waals surface area contributed by atoms with E-state index in [1.165, 1.54) is 4.90 Å². The van der Waals surface area contributed by atoms with Gasteiger partial charge in [0, 0.05) is 31.7 Å². The van der Waals surface area contributed by atoms with Gasteiger partial charge in [0.25, 0.3) is 0 Å². The number of hydrogen-bond donors (Lipinski definition) is 3. The van der Waals surface area contributed by atoms with Gasteiger partial charge >= 0.3 is 6.03 Å². The van der Waals surface area contributed by atoms with E-state index in [0.29, 0.717) is 18.8 Å². The summed E-state index contributed by atoms with van der Waals surface area (Å²) in [4.78, 5) is 12.7. The number of anilines is 2. The Morgan fingerprint density at radius 3 is 2.76 bits per heavy atom. The zero-order valence-electron chi connectivity index (χ0n) is 9.96. The van der Waals surface area contributed by atoms with Gasteiger partial charge in [0.2, 0.25) is 0 Å². The average Bonchev–Trinajstić information content (AvgIpc) is 2.28. The van der Waals surface area contributed by atoms with E-state index in [9.17, 15) is 4.79 Å². The molecule has 0 atom stereocenters. The predicted octanol–water partition coefficient (Wildman–Crippen LogP) is 1.71. The molecule has 0 unspecified atom stereocenters. The van der Waals surface area contributed by atoms with Crippen LogP contribution in [-0.4, -0.2) is 38.1 Å². The Kier molecular flexibility index (Phi) is 5.09. The molecule has 94 valence electrons. The summed E-state index contributed by atoms with van der Waals surface area (Å²) in [5, 5.41) is 5.92. The number of urea groups is 1. The Bertz CT molecular complexity index is 395. The summed E-state index contributed by atoms with van der Waals surface area (Å²) in [6, 6.07) is 5.51. The molecule has 0 radical (unpaired) electrons. The molecule has 4 N–H and O–H groups in total. The lowest BCUT2D eigenvalue weighted by Crippen LogP contribution is -2.37. The fourth-order valence-corrected chi connectivity index (χ4v) is 1.57. The first-order chi connectivity index (χ1) is 8.00. The monoisotopic (exact) mass is 300 g/mol. The quantitative estimate of drug-likeness (QED) is 0.586.